The van der Waals surface area contributed by atoms with E-state index in [9.17, 15) is 0 Å². The minimum Gasteiger partial charge on any atom is -0.332 e. The van der Waals surface area contributed by atoms with Gasteiger partial charge in [0.05, 0.1) is 0 Å². The molecule has 1 saturated heterocycles. The van der Waals surface area contributed by atoms with Gasteiger partial charge in [0.25, 0.3) is 0 Å². The van der Waals surface area contributed by atoms with Gasteiger partial charge < -0.3 is 9.88 Å². The van der Waals surface area contributed by atoms with E-state index >= 15 is 0 Å². The molecule has 84 valence electrons. The van der Waals surface area contributed by atoms with Crippen molar-refractivity contribution in [3.05, 3.63) is 18.2 Å². The highest BCUT2D eigenvalue weighted by Crippen LogP contribution is 2.14. The van der Waals surface area contributed by atoms with Crippen molar-refractivity contribution < 1.29 is 0 Å². The van der Waals surface area contributed by atoms with Crippen LogP contribution in [-0.2, 0) is 6.42 Å². The lowest BCUT2D eigenvalue weighted by Gasteiger charge is -2.13. The van der Waals surface area contributed by atoms with Crippen molar-refractivity contribution in [2.45, 2.75) is 51.6 Å². The van der Waals surface area contributed by atoms with Crippen molar-refractivity contribution in [1.82, 2.24) is 14.9 Å². The first-order chi connectivity index (χ1) is 7.27. The average Bonchev–Trinajstić information content (AvgIpc) is 2.86. The summed E-state index contributed by atoms with van der Waals surface area (Å²) < 4.78 is 2.27. The molecule has 15 heavy (non-hydrogen) atoms. The van der Waals surface area contributed by atoms with Crippen LogP contribution in [0.2, 0.25) is 0 Å². The van der Waals surface area contributed by atoms with E-state index in [-0.39, 0.29) is 0 Å². The van der Waals surface area contributed by atoms with Crippen LogP contribution in [0.25, 0.3) is 0 Å². The number of imidazole rings is 1. The summed E-state index contributed by atoms with van der Waals surface area (Å²) >= 11 is 0. The van der Waals surface area contributed by atoms with Crippen molar-refractivity contribution in [2.24, 2.45) is 0 Å². The molecule has 1 N–H and O–H groups in total. The van der Waals surface area contributed by atoms with Crippen LogP contribution < -0.4 is 5.32 Å². The smallest absolute Gasteiger partial charge is 0.108 e. The second-order valence-corrected chi connectivity index (χ2v) is 4.68. The summed E-state index contributed by atoms with van der Waals surface area (Å²) in [7, 11) is 0. The summed E-state index contributed by atoms with van der Waals surface area (Å²) in [5.41, 5.74) is 0. The third-order valence-electron chi connectivity index (χ3n) is 3.18. The number of hydrogen-bond donors (Lipinski definition) is 1. The molecule has 3 heteroatoms. The molecule has 1 aromatic heterocycles. The number of rotatable bonds is 4. The summed E-state index contributed by atoms with van der Waals surface area (Å²) in [5, 5.41) is 3.53. The second kappa shape index (κ2) is 4.79. The van der Waals surface area contributed by atoms with Gasteiger partial charge in [-0.3, -0.25) is 0 Å². The van der Waals surface area contributed by atoms with E-state index in [1.807, 2.05) is 6.20 Å². The molecule has 1 aromatic rings. The molecule has 0 amide bonds. The molecule has 0 aromatic carbocycles. The van der Waals surface area contributed by atoms with E-state index in [1.165, 1.54) is 31.6 Å². The Morgan fingerprint density at radius 1 is 1.60 bits per heavy atom. The van der Waals surface area contributed by atoms with Gasteiger partial charge in [0, 0.05) is 30.9 Å². The number of hydrogen-bond acceptors (Lipinski definition) is 2. The zero-order valence-electron chi connectivity index (χ0n) is 9.74. The molecule has 1 aliphatic rings. The van der Waals surface area contributed by atoms with E-state index in [4.69, 9.17) is 0 Å². The lowest BCUT2D eigenvalue weighted by atomic mass is 10.1. The van der Waals surface area contributed by atoms with Gasteiger partial charge in [0.1, 0.15) is 5.82 Å². The zero-order chi connectivity index (χ0) is 10.7. The van der Waals surface area contributed by atoms with Crippen LogP contribution in [0.4, 0.5) is 0 Å². The van der Waals surface area contributed by atoms with Gasteiger partial charge in [-0.25, -0.2) is 4.98 Å². The van der Waals surface area contributed by atoms with Crippen molar-refractivity contribution in [3.63, 3.8) is 0 Å². The van der Waals surface area contributed by atoms with Crippen LogP contribution in [-0.4, -0.2) is 22.1 Å². The lowest BCUT2D eigenvalue weighted by molar-refractivity contribution is 0.516. The van der Waals surface area contributed by atoms with Crippen molar-refractivity contribution in [2.75, 3.05) is 6.54 Å². The minimum atomic E-state index is 0.527. The Bertz CT molecular complexity index is 298. The van der Waals surface area contributed by atoms with Crippen LogP contribution in [0, 0.1) is 0 Å². The Balaban J connectivity index is 1.89. The fourth-order valence-corrected chi connectivity index (χ4v) is 2.31. The molecular weight excluding hydrogens is 186 g/mol. The highest BCUT2D eigenvalue weighted by Gasteiger charge is 2.15. The predicted octanol–water partition coefficient (Wildman–Crippen LogP) is 2.15. The quantitative estimate of drug-likeness (QED) is 0.820. The molecule has 1 aliphatic heterocycles. The topological polar surface area (TPSA) is 29.9 Å². The SMILES string of the molecule is CC(C)n1ccnc1CCC1CCCN1. The zero-order valence-corrected chi connectivity index (χ0v) is 9.74. The molecule has 3 nitrogen and oxygen atoms in total. The van der Waals surface area contributed by atoms with E-state index < -0.39 is 0 Å². The molecule has 1 fully saturated rings. The Morgan fingerprint density at radius 2 is 2.47 bits per heavy atom. The van der Waals surface area contributed by atoms with Crippen molar-refractivity contribution in [1.29, 1.82) is 0 Å². The first kappa shape index (κ1) is 10.7. The molecule has 2 heterocycles. The van der Waals surface area contributed by atoms with Crippen molar-refractivity contribution >= 4 is 0 Å². The van der Waals surface area contributed by atoms with E-state index in [1.54, 1.807) is 0 Å². The molecular formula is C12H21N3. The number of aromatic nitrogens is 2. The fraction of sp³-hybridized carbons (Fsp3) is 0.750. The molecule has 0 saturated carbocycles. The summed E-state index contributed by atoms with van der Waals surface area (Å²) in [6, 6.07) is 1.25. The van der Waals surface area contributed by atoms with Gasteiger partial charge in [0.2, 0.25) is 0 Å². The Hall–Kier alpha value is -0.830. The van der Waals surface area contributed by atoms with Crippen LogP contribution >= 0.6 is 0 Å². The number of nitrogens with one attached hydrogen (secondary N) is 1. The summed E-state index contributed by atoms with van der Waals surface area (Å²) in [5.74, 6) is 1.23. The van der Waals surface area contributed by atoms with Crippen LogP contribution in [0.1, 0.15) is 45.0 Å². The average molecular weight is 207 g/mol. The van der Waals surface area contributed by atoms with Gasteiger partial charge in [-0.2, -0.15) is 0 Å². The fourth-order valence-electron chi connectivity index (χ4n) is 2.31. The molecule has 0 spiro atoms. The summed E-state index contributed by atoms with van der Waals surface area (Å²) in [6.07, 6.45) is 9.00. The van der Waals surface area contributed by atoms with Crippen LogP contribution in [0.3, 0.4) is 0 Å². The second-order valence-electron chi connectivity index (χ2n) is 4.68. The monoisotopic (exact) mass is 207 g/mol. The van der Waals surface area contributed by atoms with Crippen molar-refractivity contribution in [3.8, 4) is 0 Å². The minimum absolute atomic E-state index is 0.527. The maximum absolute atomic E-state index is 4.43. The van der Waals surface area contributed by atoms with Crippen LogP contribution in [0.5, 0.6) is 0 Å². The largest absolute Gasteiger partial charge is 0.332 e. The van der Waals surface area contributed by atoms with E-state index in [2.05, 4.69) is 34.9 Å². The third kappa shape index (κ3) is 2.59. The highest BCUT2D eigenvalue weighted by molar-refractivity contribution is 4.95. The lowest BCUT2D eigenvalue weighted by Crippen LogP contribution is -2.22. The maximum Gasteiger partial charge on any atom is 0.108 e. The van der Waals surface area contributed by atoms with E-state index in [0.717, 1.165) is 12.5 Å². The van der Waals surface area contributed by atoms with Gasteiger partial charge in [-0.1, -0.05) is 0 Å². The van der Waals surface area contributed by atoms with Gasteiger partial charge in [-0.05, 0) is 39.7 Å². The maximum atomic E-state index is 4.43. The number of nitrogens with zero attached hydrogens (tertiary/aromatic N) is 2. The molecule has 2 rings (SSSR count). The Kier molecular flexibility index (Phi) is 3.41. The normalized spacial score (nSPS) is 21.4. The first-order valence-corrected chi connectivity index (χ1v) is 6.02. The highest BCUT2D eigenvalue weighted by atomic mass is 15.1. The Morgan fingerprint density at radius 3 is 3.13 bits per heavy atom. The van der Waals surface area contributed by atoms with Crippen LogP contribution in [0.15, 0.2) is 12.4 Å². The standard InChI is InChI=1S/C12H21N3/c1-10(2)15-9-8-14-12(15)6-5-11-4-3-7-13-11/h8-11,13H,3-7H2,1-2H3. The van der Waals surface area contributed by atoms with Gasteiger partial charge in [-0.15, -0.1) is 0 Å². The first-order valence-electron chi connectivity index (χ1n) is 6.02. The molecule has 1 unspecified atom stereocenters. The van der Waals surface area contributed by atoms with Gasteiger partial charge in [0.15, 0.2) is 0 Å². The van der Waals surface area contributed by atoms with Gasteiger partial charge >= 0.3 is 0 Å². The molecule has 1 atom stereocenters. The number of aryl methyl sites for hydroxylation is 1. The Labute approximate surface area is 91.9 Å². The molecule has 0 aliphatic carbocycles. The predicted molar refractivity (Wildman–Crippen MR) is 62.0 cm³/mol. The third-order valence-corrected chi connectivity index (χ3v) is 3.18. The summed E-state index contributed by atoms with van der Waals surface area (Å²) in [6.45, 7) is 5.61. The summed E-state index contributed by atoms with van der Waals surface area (Å²) in [4.78, 5) is 4.43. The molecule has 0 bridgehead atoms. The molecule has 0 radical (unpaired) electrons. The van der Waals surface area contributed by atoms with E-state index in [0.29, 0.717) is 6.04 Å².